The van der Waals surface area contributed by atoms with Gasteiger partial charge in [-0.2, -0.15) is 4.98 Å². The van der Waals surface area contributed by atoms with Crippen LogP contribution in [0, 0.1) is 0 Å². The maximum atomic E-state index is 11.1. The molecule has 1 atom stereocenters. The van der Waals surface area contributed by atoms with Gasteiger partial charge in [0.25, 0.3) is 0 Å². The lowest BCUT2D eigenvalue weighted by atomic mass is 10.4. The number of aromatic nitrogens is 2. The van der Waals surface area contributed by atoms with E-state index in [2.05, 4.69) is 25.3 Å². The number of hydrogen-bond donors (Lipinski definition) is 4. The molecule has 0 saturated heterocycles. The van der Waals surface area contributed by atoms with E-state index < -0.39 is 18.1 Å². The molecule has 0 fully saturated rings. The number of hydrogen-bond acceptors (Lipinski definition) is 6. The molecule has 0 bridgehead atoms. The van der Waals surface area contributed by atoms with Crippen molar-refractivity contribution in [3.63, 3.8) is 0 Å². The number of carbonyl (C=O) groups excluding carboxylic acids is 1. The van der Waals surface area contributed by atoms with Crippen molar-refractivity contribution in [3.8, 4) is 0 Å². The van der Waals surface area contributed by atoms with Gasteiger partial charge in [0.1, 0.15) is 0 Å². The lowest BCUT2D eigenvalue weighted by Crippen LogP contribution is -2.41. The number of carboxylic acid groups (broad SMARTS) is 1. The summed E-state index contributed by atoms with van der Waals surface area (Å²) in [7, 11) is 0. The molecule has 0 radical (unpaired) electrons. The van der Waals surface area contributed by atoms with Crippen LogP contribution in [0.1, 0.15) is 5.82 Å². The van der Waals surface area contributed by atoms with Gasteiger partial charge < -0.3 is 25.4 Å². The molecule has 1 unspecified atom stereocenters. The second-order valence-corrected chi connectivity index (χ2v) is 2.77. The van der Waals surface area contributed by atoms with Crippen molar-refractivity contribution in [2.24, 2.45) is 0 Å². The second kappa shape index (κ2) is 5.66. The summed E-state index contributed by atoms with van der Waals surface area (Å²) in [5.74, 6) is -1.12. The fraction of sp³-hybridized carbons (Fsp3) is 0.429. The molecule has 9 heteroatoms. The summed E-state index contributed by atoms with van der Waals surface area (Å²) in [6.07, 6.45) is -0.515. The molecule has 0 aliphatic heterocycles. The zero-order valence-electron chi connectivity index (χ0n) is 8.08. The minimum Gasteiger partial charge on any atom is -0.479 e. The topological polar surface area (TPSA) is 138 Å². The lowest BCUT2D eigenvalue weighted by Gasteiger charge is -2.07. The number of rotatable bonds is 5. The van der Waals surface area contributed by atoms with Crippen LogP contribution in [-0.4, -0.2) is 45.0 Å². The molecule has 0 aliphatic carbocycles. The average molecular weight is 230 g/mol. The number of nitrogens with one attached hydrogen (secondary N) is 2. The third-order valence-corrected chi connectivity index (χ3v) is 1.56. The molecule has 1 aromatic heterocycles. The summed E-state index contributed by atoms with van der Waals surface area (Å²) in [6, 6.07) is -0.634. The van der Waals surface area contributed by atoms with E-state index in [1.807, 2.05) is 0 Å². The highest BCUT2D eigenvalue weighted by atomic mass is 16.5. The Labute approximate surface area is 89.5 Å². The first-order valence-electron chi connectivity index (χ1n) is 4.27. The van der Waals surface area contributed by atoms with Crippen LogP contribution < -0.4 is 10.6 Å². The first-order valence-corrected chi connectivity index (χ1v) is 4.27. The predicted molar refractivity (Wildman–Crippen MR) is 48.2 cm³/mol. The van der Waals surface area contributed by atoms with Crippen molar-refractivity contribution >= 4 is 12.0 Å². The van der Waals surface area contributed by atoms with Gasteiger partial charge in [0.05, 0.1) is 13.1 Å². The molecule has 2 amide bonds. The summed E-state index contributed by atoms with van der Waals surface area (Å²) in [5.41, 5.74) is 0. The number of carboxylic acids is 1. The maximum absolute atomic E-state index is 11.1. The van der Waals surface area contributed by atoms with E-state index in [0.717, 1.165) is 6.39 Å². The molecule has 88 valence electrons. The molecule has 0 aliphatic rings. The van der Waals surface area contributed by atoms with Crippen LogP contribution in [0.25, 0.3) is 0 Å². The Morgan fingerprint density at radius 3 is 2.81 bits per heavy atom. The van der Waals surface area contributed by atoms with E-state index in [4.69, 9.17) is 10.2 Å². The van der Waals surface area contributed by atoms with Crippen molar-refractivity contribution in [3.05, 3.63) is 12.2 Å². The fourth-order valence-corrected chi connectivity index (χ4v) is 0.769. The molecule has 0 spiro atoms. The molecule has 1 aromatic rings. The number of carbonyl (C=O) groups is 2. The molecule has 1 rings (SSSR count). The van der Waals surface area contributed by atoms with Crippen LogP contribution in [0.15, 0.2) is 10.9 Å². The smallest absolute Gasteiger partial charge is 0.334 e. The van der Waals surface area contributed by atoms with Gasteiger partial charge in [-0.3, -0.25) is 0 Å². The predicted octanol–water partition coefficient (Wildman–Crippen LogP) is -1.69. The highest BCUT2D eigenvalue weighted by Crippen LogP contribution is 1.86. The summed E-state index contributed by atoms with van der Waals surface area (Å²) in [4.78, 5) is 24.9. The third kappa shape index (κ3) is 3.92. The minimum atomic E-state index is -1.63. The normalized spacial score (nSPS) is 11.8. The molecule has 16 heavy (non-hydrogen) atoms. The first kappa shape index (κ1) is 11.9. The Hall–Kier alpha value is -2.16. The second-order valence-electron chi connectivity index (χ2n) is 2.77. The number of amides is 2. The molecular formula is C7H10N4O5. The number of aliphatic hydroxyl groups excluding tert-OH is 1. The van der Waals surface area contributed by atoms with Crippen molar-refractivity contribution in [2.75, 3.05) is 6.54 Å². The molecule has 1 heterocycles. The van der Waals surface area contributed by atoms with Gasteiger partial charge in [-0.25, -0.2) is 9.59 Å². The lowest BCUT2D eigenvalue weighted by molar-refractivity contribution is -0.146. The van der Waals surface area contributed by atoms with Crippen molar-refractivity contribution in [1.82, 2.24) is 20.8 Å². The monoisotopic (exact) mass is 230 g/mol. The highest BCUT2D eigenvalue weighted by Gasteiger charge is 2.13. The highest BCUT2D eigenvalue weighted by molar-refractivity contribution is 5.76. The van der Waals surface area contributed by atoms with E-state index in [1.165, 1.54) is 0 Å². The van der Waals surface area contributed by atoms with Crippen molar-refractivity contribution < 1.29 is 24.3 Å². The van der Waals surface area contributed by atoms with Crippen LogP contribution >= 0.6 is 0 Å². The van der Waals surface area contributed by atoms with Crippen molar-refractivity contribution in [1.29, 1.82) is 0 Å². The first-order chi connectivity index (χ1) is 7.59. The van der Waals surface area contributed by atoms with Gasteiger partial charge in [0.2, 0.25) is 6.39 Å². The van der Waals surface area contributed by atoms with E-state index in [1.54, 1.807) is 0 Å². The third-order valence-electron chi connectivity index (χ3n) is 1.56. The Kier molecular flexibility index (Phi) is 4.21. The largest absolute Gasteiger partial charge is 0.479 e. The Morgan fingerprint density at radius 1 is 1.50 bits per heavy atom. The maximum Gasteiger partial charge on any atom is 0.334 e. The Morgan fingerprint density at radius 2 is 2.25 bits per heavy atom. The SMILES string of the molecule is O=C(NCc1ncon1)NCC(O)C(=O)O. The zero-order valence-corrected chi connectivity index (χ0v) is 8.08. The molecule has 0 saturated carbocycles. The summed E-state index contributed by atoms with van der Waals surface area (Å²) in [5, 5.41) is 25.1. The van der Waals surface area contributed by atoms with Gasteiger partial charge in [-0.15, -0.1) is 0 Å². The van der Waals surface area contributed by atoms with E-state index >= 15 is 0 Å². The van der Waals surface area contributed by atoms with Crippen LogP contribution in [-0.2, 0) is 11.3 Å². The van der Waals surface area contributed by atoms with Crippen LogP contribution in [0.2, 0.25) is 0 Å². The number of urea groups is 1. The van der Waals surface area contributed by atoms with Crippen LogP contribution in [0.4, 0.5) is 4.79 Å². The minimum absolute atomic E-state index is 0.0471. The van der Waals surface area contributed by atoms with Gasteiger partial charge >= 0.3 is 12.0 Å². The van der Waals surface area contributed by atoms with E-state index in [-0.39, 0.29) is 18.9 Å². The quantitative estimate of drug-likeness (QED) is 0.473. The zero-order chi connectivity index (χ0) is 12.0. The molecular weight excluding hydrogens is 220 g/mol. The van der Waals surface area contributed by atoms with E-state index in [9.17, 15) is 9.59 Å². The number of aliphatic hydroxyl groups is 1. The summed E-state index contributed by atoms with van der Waals surface area (Å²) >= 11 is 0. The van der Waals surface area contributed by atoms with Crippen LogP contribution in [0.3, 0.4) is 0 Å². The van der Waals surface area contributed by atoms with Crippen LogP contribution in [0.5, 0.6) is 0 Å². The molecule has 9 nitrogen and oxygen atoms in total. The average Bonchev–Trinajstić information content (AvgIpc) is 2.75. The van der Waals surface area contributed by atoms with Gasteiger partial charge in [0, 0.05) is 0 Å². The Bertz CT molecular complexity index is 352. The number of aliphatic carboxylic acids is 1. The van der Waals surface area contributed by atoms with Gasteiger partial charge in [-0.05, 0) is 0 Å². The van der Waals surface area contributed by atoms with E-state index in [0.29, 0.717) is 0 Å². The fourth-order valence-electron chi connectivity index (χ4n) is 0.769. The Balaban J connectivity index is 2.19. The van der Waals surface area contributed by atoms with Gasteiger partial charge in [-0.1, -0.05) is 5.16 Å². The van der Waals surface area contributed by atoms with Gasteiger partial charge in [0.15, 0.2) is 11.9 Å². The summed E-state index contributed by atoms with van der Waals surface area (Å²) in [6.45, 7) is -0.334. The number of nitrogens with zero attached hydrogens (tertiary/aromatic N) is 2. The summed E-state index contributed by atoms with van der Waals surface area (Å²) < 4.78 is 4.43. The standard InChI is InChI=1S/C7H10N4O5/c12-4(6(13)14)1-8-7(15)9-2-5-10-3-16-11-5/h3-4,12H,1-2H2,(H,13,14)(H2,8,9,15). The van der Waals surface area contributed by atoms with Crippen molar-refractivity contribution in [2.45, 2.75) is 12.6 Å². The molecule has 0 aromatic carbocycles. The molecule has 4 N–H and O–H groups in total.